The third-order valence-electron chi connectivity index (χ3n) is 12.3. The highest BCUT2D eigenvalue weighted by atomic mass is 16.2. The summed E-state index contributed by atoms with van der Waals surface area (Å²) in [6.45, 7) is 8.16. The fourth-order valence-corrected chi connectivity index (χ4v) is 8.50. The van der Waals surface area contributed by atoms with E-state index < -0.39 is 89.6 Å². The lowest BCUT2D eigenvalue weighted by molar-refractivity contribution is -0.146. The number of hydrogen-bond donors (Lipinski definition) is 5. The van der Waals surface area contributed by atoms with Crippen molar-refractivity contribution in [2.45, 2.75) is 141 Å². The number of nitrogens with one attached hydrogen (secondary N) is 4. The van der Waals surface area contributed by atoms with Crippen LogP contribution in [0.2, 0.25) is 0 Å². The summed E-state index contributed by atoms with van der Waals surface area (Å²) in [6, 6.07) is 1.93. The average molecular weight is 793 g/mol. The molecule has 16 heteroatoms. The highest BCUT2D eigenvalue weighted by Crippen LogP contribution is 2.26. The van der Waals surface area contributed by atoms with E-state index in [0.29, 0.717) is 51.4 Å². The maximum absolute atomic E-state index is 14.5. The van der Waals surface area contributed by atoms with E-state index in [1.165, 1.54) is 14.7 Å². The number of hydrogen-bond acceptors (Lipinski definition) is 8. The maximum Gasteiger partial charge on any atom is 0.246 e. The SMILES string of the molecule is CC[C@H](C)[C@@H]1NC(=O)[C@@H]2CCCN2C(=O)[C@H]([C@@H](C)CC)NC(=O)[C@@H]2CCCN2C(=O)[C@H](CCC(N)=O)NC(=O)[C@@H]2CCCN2C(=O)[C@H](Cc2ccccc2)NC1=O. The molecule has 0 unspecified atom stereocenters. The van der Waals surface area contributed by atoms with E-state index in [9.17, 15) is 38.4 Å². The third kappa shape index (κ3) is 10.1. The van der Waals surface area contributed by atoms with Gasteiger partial charge in [-0.2, -0.15) is 0 Å². The lowest BCUT2D eigenvalue weighted by Gasteiger charge is -2.34. The minimum Gasteiger partial charge on any atom is -0.370 e. The van der Waals surface area contributed by atoms with Crippen molar-refractivity contribution >= 4 is 47.3 Å². The molecule has 16 nitrogen and oxygen atoms in total. The van der Waals surface area contributed by atoms with Crippen LogP contribution >= 0.6 is 0 Å². The molecular weight excluding hydrogens is 732 g/mol. The summed E-state index contributed by atoms with van der Waals surface area (Å²) in [7, 11) is 0. The van der Waals surface area contributed by atoms with Crippen LogP contribution in [0.5, 0.6) is 0 Å². The molecule has 4 aliphatic heterocycles. The zero-order chi connectivity index (χ0) is 41.4. The average Bonchev–Trinajstić information content (AvgIpc) is 4.00. The van der Waals surface area contributed by atoms with Crippen LogP contribution < -0.4 is 27.0 Å². The van der Waals surface area contributed by atoms with Crippen molar-refractivity contribution < 1.29 is 38.4 Å². The Morgan fingerprint density at radius 3 is 1.58 bits per heavy atom. The van der Waals surface area contributed by atoms with Crippen molar-refractivity contribution in [2.24, 2.45) is 17.6 Å². The highest BCUT2D eigenvalue weighted by molar-refractivity contribution is 5.99. The molecule has 4 heterocycles. The summed E-state index contributed by atoms with van der Waals surface area (Å²) < 4.78 is 0. The standard InChI is InChI=1S/C41H60N8O8/c1-5-24(3)33-38(54)44-28(23-26-13-8-7-9-14-26)40(56)48-21-10-15-29(48)35(51)43-27(18-19-32(42)50)39(55)47-20-11-16-30(47)37(53)46-34(25(4)6-2)41(57)49-22-12-17-31(49)36(52)45-33/h7-9,13-14,24-25,27-31,33-34H,5-6,10-12,15-23H2,1-4H3,(H2,42,50)(H,43,51)(H,44,54)(H,45,52)(H,46,53)/t24-,25-,27-,28-,29-,30-,31-,33-,34-/m0/s1. The molecule has 1 aromatic rings. The van der Waals surface area contributed by atoms with E-state index in [1.54, 1.807) is 0 Å². The largest absolute Gasteiger partial charge is 0.370 e. The Kier molecular flexibility index (Phi) is 14.7. The minimum atomic E-state index is -1.23. The number of rotatable bonds is 9. The van der Waals surface area contributed by atoms with Gasteiger partial charge in [0, 0.05) is 32.5 Å². The second-order valence-corrected chi connectivity index (χ2v) is 16.1. The Balaban J connectivity index is 1.56. The van der Waals surface area contributed by atoms with Crippen LogP contribution in [0.1, 0.15) is 97.5 Å². The Morgan fingerprint density at radius 2 is 1.07 bits per heavy atom. The van der Waals surface area contributed by atoms with Gasteiger partial charge in [0.2, 0.25) is 47.3 Å². The normalized spacial score (nSPS) is 29.3. The zero-order valence-electron chi connectivity index (χ0n) is 33.7. The first-order valence-electron chi connectivity index (χ1n) is 20.7. The summed E-state index contributed by atoms with van der Waals surface area (Å²) in [5.41, 5.74) is 6.25. The predicted molar refractivity (Wildman–Crippen MR) is 209 cm³/mol. The molecule has 0 radical (unpaired) electrons. The van der Waals surface area contributed by atoms with Crippen LogP contribution in [0.25, 0.3) is 0 Å². The second kappa shape index (κ2) is 19.4. The van der Waals surface area contributed by atoms with Gasteiger partial charge in [-0.05, 0) is 62.3 Å². The van der Waals surface area contributed by atoms with Gasteiger partial charge in [-0.25, -0.2) is 0 Å². The van der Waals surface area contributed by atoms with Gasteiger partial charge in [0.1, 0.15) is 42.3 Å². The Labute approximate surface area is 334 Å². The van der Waals surface area contributed by atoms with Crippen molar-refractivity contribution in [3.05, 3.63) is 35.9 Å². The molecule has 57 heavy (non-hydrogen) atoms. The van der Waals surface area contributed by atoms with Gasteiger partial charge >= 0.3 is 0 Å². The molecule has 9 atom stereocenters. The number of carbonyl (C=O) groups excluding carboxylic acids is 8. The maximum atomic E-state index is 14.5. The molecule has 0 saturated carbocycles. The van der Waals surface area contributed by atoms with Gasteiger partial charge in [-0.15, -0.1) is 0 Å². The van der Waals surface area contributed by atoms with Gasteiger partial charge in [0.15, 0.2) is 0 Å². The van der Waals surface area contributed by atoms with Crippen molar-refractivity contribution in [2.75, 3.05) is 19.6 Å². The van der Waals surface area contributed by atoms with Crippen LogP contribution in [0.15, 0.2) is 30.3 Å². The summed E-state index contributed by atoms with van der Waals surface area (Å²) in [4.78, 5) is 116. The Morgan fingerprint density at radius 1 is 0.632 bits per heavy atom. The number of benzene rings is 1. The van der Waals surface area contributed by atoms with Crippen molar-refractivity contribution in [3.8, 4) is 0 Å². The summed E-state index contributed by atoms with van der Waals surface area (Å²) in [5.74, 6) is -5.06. The molecule has 0 aromatic heterocycles. The van der Waals surface area contributed by atoms with E-state index in [-0.39, 0.29) is 50.7 Å². The van der Waals surface area contributed by atoms with Crippen molar-refractivity contribution in [1.82, 2.24) is 36.0 Å². The fraction of sp³-hybridized carbons (Fsp3) is 0.659. The summed E-state index contributed by atoms with van der Waals surface area (Å²) in [6.07, 6.45) is 3.32. The van der Waals surface area contributed by atoms with E-state index in [4.69, 9.17) is 5.73 Å². The van der Waals surface area contributed by atoms with E-state index in [0.717, 1.165) is 5.56 Å². The number of primary amides is 1. The molecule has 4 saturated heterocycles. The van der Waals surface area contributed by atoms with Crippen LogP contribution in [-0.4, -0.2) is 124 Å². The zero-order valence-corrected chi connectivity index (χ0v) is 33.7. The van der Waals surface area contributed by atoms with Gasteiger partial charge in [0.05, 0.1) is 0 Å². The summed E-state index contributed by atoms with van der Waals surface area (Å²) >= 11 is 0. The number of nitrogens with zero attached hydrogens (tertiary/aromatic N) is 3. The van der Waals surface area contributed by atoms with Gasteiger partial charge in [-0.1, -0.05) is 70.9 Å². The first-order valence-corrected chi connectivity index (χ1v) is 20.7. The smallest absolute Gasteiger partial charge is 0.246 e. The lowest BCUT2D eigenvalue weighted by Crippen LogP contribution is -2.61. The molecule has 0 aliphatic carbocycles. The van der Waals surface area contributed by atoms with E-state index >= 15 is 0 Å². The quantitative estimate of drug-likeness (QED) is 0.237. The van der Waals surface area contributed by atoms with Crippen LogP contribution in [0.4, 0.5) is 0 Å². The minimum absolute atomic E-state index is 0.108. The molecule has 0 bridgehead atoms. The first-order chi connectivity index (χ1) is 27.2. The molecule has 5 rings (SSSR count). The molecule has 1 aromatic carbocycles. The monoisotopic (exact) mass is 792 g/mol. The molecule has 8 amide bonds. The van der Waals surface area contributed by atoms with E-state index in [1.807, 2.05) is 58.0 Å². The van der Waals surface area contributed by atoms with Gasteiger partial charge < -0.3 is 41.7 Å². The highest BCUT2D eigenvalue weighted by Gasteiger charge is 2.45. The van der Waals surface area contributed by atoms with Crippen molar-refractivity contribution in [3.63, 3.8) is 0 Å². The predicted octanol–water partition coefficient (Wildman–Crippen LogP) is 0.513. The van der Waals surface area contributed by atoms with Crippen LogP contribution in [0, 0.1) is 11.8 Å². The number of carbonyl (C=O) groups is 8. The van der Waals surface area contributed by atoms with Gasteiger partial charge in [0.25, 0.3) is 0 Å². The molecule has 4 aliphatic rings. The third-order valence-corrected chi connectivity index (χ3v) is 12.3. The molecule has 0 spiro atoms. The number of fused-ring (bicyclic) bond motifs is 3. The van der Waals surface area contributed by atoms with E-state index in [2.05, 4.69) is 21.3 Å². The first kappa shape index (κ1) is 43.1. The molecule has 6 N–H and O–H groups in total. The van der Waals surface area contributed by atoms with Crippen LogP contribution in [-0.2, 0) is 44.8 Å². The second-order valence-electron chi connectivity index (χ2n) is 16.1. The topological polar surface area (TPSA) is 220 Å². The van der Waals surface area contributed by atoms with Crippen molar-refractivity contribution in [1.29, 1.82) is 0 Å². The molecule has 4 fully saturated rings. The number of amides is 8. The van der Waals surface area contributed by atoms with Crippen LogP contribution in [0.3, 0.4) is 0 Å². The summed E-state index contributed by atoms with van der Waals surface area (Å²) in [5, 5.41) is 11.5. The Bertz CT molecular complexity index is 1670. The van der Waals surface area contributed by atoms with Gasteiger partial charge in [-0.3, -0.25) is 38.4 Å². The lowest BCUT2D eigenvalue weighted by atomic mass is 9.95. The fourth-order valence-electron chi connectivity index (χ4n) is 8.50. The number of nitrogens with two attached hydrogens (primary N) is 1. The Hall–Kier alpha value is -5.02. The molecular formula is C41H60N8O8. The molecule has 312 valence electrons.